The largest absolute Gasteiger partial charge is 0.308 e. The van der Waals surface area contributed by atoms with Crippen molar-refractivity contribution in [2.45, 2.75) is 6.04 Å². The minimum atomic E-state index is -0.107. The van der Waals surface area contributed by atoms with Gasteiger partial charge in [-0.3, -0.25) is 0 Å². The Morgan fingerprint density at radius 3 is 2.61 bits per heavy atom. The average molecular weight is 350 g/mol. The number of aromatic nitrogens is 3. The zero-order valence-electron chi connectivity index (χ0n) is 9.78. The van der Waals surface area contributed by atoms with E-state index in [0.717, 1.165) is 11.3 Å². The summed E-state index contributed by atoms with van der Waals surface area (Å²) in [5.41, 5.74) is 1.83. The van der Waals surface area contributed by atoms with Gasteiger partial charge in [-0.2, -0.15) is 0 Å². The number of benzene rings is 1. The third-order valence-electron chi connectivity index (χ3n) is 2.66. The van der Waals surface area contributed by atoms with Crippen LogP contribution in [0, 0.1) is 0 Å². The van der Waals surface area contributed by atoms with Crippen LogP contribution in [0.4, 0.5) is 0 Å². The van der Waals surface area contributed by atoms with Crippen molar-refractivity contribution in [3.8, 4) is 0 Å². The molecule has 1 aromatic carbocycles. The second-order valence-electron chi connectivity index (χ2n) is 3.78. The van der Waals surface area contributed by atoms with Crippen molar-refractivity contribution >= 4 is 39.1 Å². The summed E-state index contributed by atoms with van der Waals surface area (Å²) in [4.78, 5) is 0. The van der Waals surface area contributed by atoms with Gasteiger partial charge in [0.15, 0.2) is 4.60 Å². The highest BCUT2D eigenvalue weighted by atomic mass is 79.9. The van der Waals surface area contributed by atoms with Gasteiger partial charge in [0.25, 0.3) is 0 Å². The van der Waals surface area contributed by atoms with Crippen LogP contribution in [-0.2, 0) is 7.05 Å². The fourth-order valence-electron chi connectivity index (χ4n) is 1.82. The number of hydrogen-bond acceptors (Lipinski definition) is 3. The van der Waals surface area contributed by atoms with Gasteiger partial charge < -0.3 is 5.32 Å². The molecule has 0 saturated carbocycles. The van der Waals surface area contributed by atoms with Gasteiger partial charge in [-0.05, 0) is 40.7 Å². The van der Waals surface area contributed by atoms with Gasteiger partial charge in [-0.25, -0.2) is 4.68 Å². The van der Waals surface area contributed by atoms with E-state index in [0.29, 0.717) is 14.6 Å². The highest BCUT2D eigenvalue weighted by molar-refractivity contribution is 9.10. The molecule has 4 nitrogen and oxygen atoms in total. The molecule has 0 bridgehead atoms. The molecule has 0 aliphatic rings. The van der Waals surface area contributed by atoms with Crippen LogP contribution < -0.4 is 5.32 Å². The number of nitrogens with zero attached hydrogens (tertiary/aromatic N) is 3. The minimum absolute atomic E-state index is 0.107. The lowest BCUT2D eigenvalue weighted by Crippen LogP contribution is -2.21. The molecule has 0 saturated heterocycles. The van der Waals surface area contributed by atoms with E-state index in [2.05, 4.69) is 31.6 Å². The molecule has 2 rings (SSSR count). The van der Waals surface area contributed by atoms with E-state index in [1.54, 1.807) is 10.7 Å². The van der Waals surface area contributed by atoms with Crippen molar-refractivity contribution in [3.05, 3.63) is 44.1 Å². The summed E-state index contributed by atoms with van der Waals surface area (Å²) in [6.07, 6.45) is 0. The fraction of sp³-hybridized carbons (Fsp3) is 0.273. The molecule has 0 amide bonds. The molecule has 0 radical (unpaired) electrons. The molecule has 96 valence electrons. The average Bonchev–Trinajstić information content (AvgIpc) is 2.64. The van der Waals surface area contributed by atoms with Gasteiger partial charge in [-0.15, -0.1) is 5.10 Å². The summed E-state index contributed by atoms with van der Waals surface area (Å²) in [7, 11) is 3.69. The normalized spacial score (nSPS) is 12.7. The lowest BCUT2D eigenvalue weighted by Gasteiger charge is -2.18. The Balaban J connectivity index is 2.52. The van der Waals surface area contributed by atoms with E-state index in [-0.39, 0.29) is 6.04 Å². The standard InChI is InChI=1S/C11H11BrCl2N4/c1-15-9(10-11(12)16-17-18(10)2)7-4-3-6(13)5-8(7)14/h3-5,9,15H,1-2H3. The molecular formula is C11H11BrCl2N4. The van der Waals surface area contributed by atoms with E-state index < -0.39 is 0 Å². The van der Waals surface area contributed by atoms with Gasteiger partial charge in [-0.1, -0.05) is 34.5 Å². The second kappa shape index (κ2) is 5.57. The van der Waals surface area contributed by atoms with E-state index >= 15 is 0 Å². The Morgan fingerprint density at radius 2 is 2.11 bits per heavy atom. The highest BCUT2D eigenvalue weighted by Crippen LogP contribution is 2.32. The van der Waals surface area contributed by atoms with E-state index in [1.807, 2.05) is 26.2 Å². The number of rotatable bonds is 3. The second-order valence-corrected chi connectivity index (χ2v) is 5.37. The number of halogens is 3. The van der Waals surface area contributed by atoms with Crippen molar-refractivity contribution < 1.29 is 0 Å². The van der Waals surface area contributed by atoms with Crippen LogP contribution in [0.1, 0.15) is 17.3 Å². The van der Waals surface area contributed by atoms with Crippen molar-refractivity contribution in [1.82, 2.24) is 20.3 Å². The predicted molar refractivity (Wildman–Crippen MR) is 76.1 cm³/mol. The molecule has 2 aromatic rings. The van der Waals surface area contributed by atoms with Gasteiger partial charge in [0.1, 0.15) is 0 Å². The lowest BCUT2D eigenvalue weighted by molar-refractivity contribution is 0.597. The SMILES string of the molecule is CNC(c1ccc(Cl)cc1Cl)c1c(Br)nnn1C. The van der Waals surface area contributed by atoms with E-state index in [1.165, 1.54) is 0 Å². The quantitative estimate of drug-likeness (QED) is 0.925. The van der Waals surface area contributed by atoms with Crippen LogP contribution in [0.15, 0.2) is 22.8 Å². The minimum Gasteiger partial charge on any atom is -0.308 e. The summed E-state index contributed by atoms with van der Waals surface area (Å²) in [6, 6.07) is 5.32. The zero-order chi connectivity index (χ0) is 13.3. The third kappa shape index (κ3) is 2.54. The van der Waals surface area contributed by atoms with Crippen LogP contribution in [0.25, 0.3) is 0 Å². The molecule has 18 heavy (non-hydrogen) atoms. The Kier molecular flexibility index (Phi) is 4.27. The summed E-state index contributed by atoms with van der Waals surface area (Å²) in [6.45, 7) is 0. The molecule has 1 aromatic heterocycles. The molecule has 0 aliphatic heterocycles. The highest BCUT2D eigenvalue weighted by Gasteiger charge is 2.22. The molecule has 0 aliphatic carbocycles. The fourth-order valence-corrected chi connectivity index (χ4v) is 2.89. The summed E-state index contributed by atoms with van der Waals surface area (Å²) in [5, 5.41) is 12.4. The molecule has 1 N–H and O–H groups in total. The Bertz CT molecular complexity index is 551. The van der Waals surface area contributed by atoms with Crippen LogP contribution in [0.5, 0.6) is 0 Å². The van der Waals surface area contributed by atoms with Crippen molar-refractivity contribution in [1.29, 1.82) is 0 Å². The first kappa shape index (κ1) is 13.8. The maximum atomic E-state index is 6.23. The molecule has 1 heterocycles. The monoisotopic (exact) mass is 348 g/mol. The summed E-state index contributed by atoms with van der Waals surface area (Å²) < 4.78 is 2.39. The molecule has 1 atom stereocenters. The molecule has 0 fully saturated rings. The topological polar surface area (TPSA) is 42.7 Å². The van der Waals surface area contributed by atoms with Gasteiger partial charge in [0.05, 0.1) is 11.7 Å². The number of nitrogens with one attached hydrogen (secondary N) is 1. The van der Waals surface area contributed by atoms with Crippen molar-refractivity contribution in [3.63, 3.8) is 0 Å². The van der Waals surface area contributed by atoms with Crippen LogP contribution in [-0.4, -0.2) is 22.0 Å². The lowest BCUT2D eigenvalue weighted by atomic mass is 10.0. The molecule has 7 heteroatoms. The van der Waals surface area contributed by atoms with E-state index in [4.69, 9.17) is 23.2 Å². The van der Waals surface area contributed by atoms with Gasteiger partial charge in [0.2, 0.25) is 0 Å². The summed E-state index contributed by atoms with van der Waals surface area (Å²) >= 11 is 15.5. The Hall–Kier alpha value is -0.620. The van der Waals surface area contributed by atoms with Crippen LogP contribution in [0.3, 0.4) is 0 Å². The first-order valence-electron chi connectivity index (χ1n) is 5.22. The predicted octanol–water partition coefficient (Wildman–Crippen LogP) is 3.19. The zero-order valence-corrected chi connectivity index (χ0v) is 12.9. The Labute approximate surface area is 123 Å². The Morgan fingerprint density at radius 1 is 1.39 bits per heavy atom. The van der Waals surface area contributed by atoms with Crippen molar-refractivity contribution in [2.24, 2.45) is 7.05 Å². The van der Waals surface area contributed by atoms with Gasteiger partial charge >= 0.3 is 0 Å². The van der Waals surface area contributed by atoms with Crippen molar-refractivity contribution in [2.75, 3.05) is 7.05 Å². The number of hydrogen-bond donors (Lipinski definition) is 1. The maximum absolute atomic E-state index is 6.23. The van der Waals surface area contributed by atoms with E-state index in [9.17, 15) is 0 Å². The molecule has 0 spiro atoms. The smallest absolute Gasteiger partial charge is 0.153 e. The van der Waals surface area contributed by atoms with Crippen LogP contribution in [0.2, 0.25) is 10.0 Å². The van der Waals surface area contributed by atoms with Crippen LogP contribution >= 0.6 is 39.1 Å². The maximum Gasteiger partial charge on any atom is 0.153 e. The number of aryl methyl sites for hydroxylation is 1. The third-order valence-corrected chi connectivity index (χ3v) is 3.79. The first-order valence-corrected chi connectivity index (χ1v) is 6.76. The summed E-state index contributed by atoms with van der Waals surface area (Å²) in [5.74, 6) is 0. The van der Waals surface area contributed by atoms with Gasteiger partial charge in [0, 0.05) is 17.1 Å². The molecule has 1 unspecified atom stereocenters. The molecular weight excluding hydrogens is 339 g/mol. The first-order chi connectivity index (χ1) is 8.54.